The van der Waals surface area contributed by atoms with Gasteiger partial charge in [-0.05, 0) is 43.1 Å². The van der Waals surface area contributed by atoms with Gasteiger partial charge in [0, 0.05) is 6.54 Å². The Bertz CT molecular complexity index is 230. The summed E-state index contributed by atoms with van der Waals surface area (Å²) in [6, 6.07) is 0. The number of hydrogen-bond donors (Lipinski definition) is 2. The number of rotatable bonds is 5. The van der Waals surface area contributed by atoms with Crippen LogP contribution in [-0.4, -0.2) is 24.2 Å². The zero-order valence-corrected chi connectivity index (χ0v) is 10.8. The minimum Gasteiger partial charge on any atom is -0.481 e. The summed E-state index contributed by atoms with van der Waals surface area (Å²) in [6.45, 7) is 8.34. The summed E-state index contributed by atoms with van der Waals surface area (Å²) in [5.74, 6) is 0.655. The molecule has 16 heavy (non-hydrogen) atoms. The van der Waals surface area contributed by atoms with Crippen molar-refractivity contribution in [3.8, 4) is 0 Å². The quantitative estimate of drug-likeness (QED) is 0.758. The molecule has 0 amide bonds. The second-order valence-corrected chi connectivity index (χ2v) is 5.71. The number of carbonyl (C=O) groups is 1. The largest absolute Gasteiger partial charge is 0.481 e. The van der Waals surface area contributed by atoms with Gasteiger partial charge in [0.05, 0.1) is 6.42 Å². The Morgan fingerprint density at radius 2 is 1.94 bits per heavy atom. The molecule has 1 unspecified atom stereocenters. The maximum atomic E-state index is 11.0. The van der Waals surface area contributed by atoms with Crippen molar-refractivity contribution in [2.24, 2.45) is 17.3 Å². The minimum absolute atomic E-state index is 0.0150. The van der Waals surface area contributed by atoms with Crippen molar-refractivity contribution < 1.29 is 9.90 Å². The average molecular weight is 227 g/mol. The van der Waals surface area contributed by atoms with E-state index in [0.717, 1.165) is 25.9 Å². The van der Waals surface area contributed by atoms with Gasteiger partial charge in [0.2, 0.25) is 0 Å². The lowest BCUT2D eigenvalue weighted by atomic mass is 9.64. The van der Waals surface area contributed by atoms with E-state index in [9.17, 15) is 4.79 Å². The van der Waals surface area contributed by atoms with Gasteiger partial charge in [0.1, 0.15) is 0 Å². The Morgan fingerprint density at radius 3 is 2.38 bits per heavy atom. The van der Waals surface area contributed by atoms with Crippen LogP contribution in [0.3, 0.4) is 0 Å². The summed E-state index contributed by atoms with van der Waals surface area (Å²) in [5, 5.41) is 12.4. The highest BCUT2D eigenvalue weighted by atomic mass is 16.4. The molecule has 0 aliphatic heterocycles. The first-order chi connectivity index (χ1) is 7.47. The van der Waals surface area contributed by atoms with Gasteiger partial charge in [0.25, 0.3) is 0 Å². The molecule has 0 bridgehead atoms. The van der Waals surface area contributed by atoms with E-state index in [0.29, 0.717) is 18.3 Å². The number of carboxylic acids is 1. The predicted molar refractivity (Wildman–Crippen MR) is 65.4 cm³/mol. The summed E-state index contributed by atoms with van der Waals surface area (Å²) in [6.07, 6.45) is 3.66. The molecular formula is C13H25NO2. The van der Waals surface area contributed by atoms with E-state index < -0.39 is 5.97 Å². The van der Waals surface area contributed by atoms with Crippen molar-refractivity contribution in [2.75, 3.05) is 13.1 Å². The van der Waals surface area contributed by atoms with Crippen molar-refractivity contribution in [3.63, 3.8) is 0 Å². The summed E-state index contributed by atoms with van der Waals surface area (Å²) >= 11 is 0. The Hall–Kier alpha value is -0.570. The van der Waals surface area contributed by atoms with E-state index in [1.165, 1.54) is 6.42 Å². The molecule has 0 radical (unpaired) electrons. The minimum atomic E-state index is -0.654. The molecule has 3 atom stereocenters. The van der Waals surface area contributed by atoms with Gasteiger partial charge in [-0.2, -0.15) is 0 Å². The van der Waals surface area contributed by atoms with Crippen molar-refractivity contribution in [3.05, 3.63) is 0 Å². The van der Waals surface area contributed by atoms with Crippen molar-refractivity contribution in [1.29, 1.82) is 0 Å². The third-order valence-electron chi connectivity index (χ3n) is 3.64. The maximum absolute atomic E-state index is 11.0. The van der Waals surface area contributed by atoms with E-state index in [2.05, 4.69) is 26.1 Å². The first-order valence-corrected chi connectivity index (χ1v) is 6.40. The van der Waals surface area contributed by atoms with Gasteiger partial charge in [-0.15, -0.1) is 0 Å². The highest BCUT2D eigenvalue weighted by Gasteiger charge is 2.39. The lowest BCUT2D eigenvalue weighted by Gasteiger charge is -2.42. The number of carboxylic acid groups (broad SMARTS) is 1. The average Bonchev–Trinajstić information content (AvgIpc) is 2.11. The molecule has 3 heteroatoms. The van der Waals surface area contributed by atoms with Gasteiger partial charge in [-0.3, -0.25) is 4.79 Å². The maximum Gasteiger partial charge on any atom is 0.303 e. The molecule has 2 N–H and O–H groups in total. The van der Waals surface area contributed by atoms with Crippen LogP contribution in [0.5, 0.6) is 0 Å². The highest BCUT2D eigenvalue weighted by Crippen LogP contribution is 2.44. The fourth-order valence-electron chi connectivity index (χ4n) is 3.48. The van der Waals surface area contributed by atoms with Crippen LogP contribution in [-0.2, 0) is 4.79 Å². The van der Waals surface area contributed by atoms with E-state index >= 15 is 0 Å². The van der Waals surface area contributed by atoms with Crippen molar-refractivity contribution in [1.82, 2.24) is 5.32 Å². The molecule has 0 saturated heterocycles. The molecule has 0 aromatic carbocycles. The first-order valence-electron chi connectivity index (χ1n) is 6.40. The molecule has 0 aromatic heterocycles. The second-order valence-electron chi connectivity index (χ2n) is 5.71. The zero-order chi connectivity index (χ0) is 12.2. The molecule has 0 spiro atoms. The molecule has 1 fully saturated rings. The Labute approximate surface area is 98.6 Å². The molecule has 3 nitrogen and oxygen atoms in total. The van der Waals surface area contributed by atoms with Crippen LogP contribution in [0.2, 0.25) is 0 Å². The molecule has 0 heterocycles. The zero-order valence-electron chi connectivity index (χ0n) is 10.8. The van der Waals surface area contributed by atoms with Gasteiger partial charge >= 0.3 is 5.97 Å². The van der Waals surface area contributed by atoms with Gasteiger partial charge in [0.15, 0.2) is 0 Å². The Kier molecular flexibility index (Phi) is 4.78. The number of hydrogen-bond acceptors (Lipinski definition) is 2. The fourth-order valence-corrected chi connectivity index (χ4v) is 3.48. The van der Waals surface area contributed by atoms with Gasteiger partial charge in [-0.25, -0.2) is 0 Å². The third-order valence-corrected chi connectivity index (χ3v) is 3.64. The van der Waals surface area contributed by atoms with Crippen molar-refractivity contribution in [2.45, 2.75) is 46.5 Å². The van der Waals surface area contributed by atoms with Crippen LogP contribution >= 0.6 is 0 Å². The van der Waals surface area contributed by atoms with Gasteiger partial charge < -0.3 is 10.4 Å². The van der Waals surface area contributed by atoms with Crippen LogP contribution in [0.15, 0.2) is 0 Å². The Balaban J connectivity index is 2.71. The molecule has 1 aliphatic rings. The van der Waals surface area contributed by atoms with Gasteiger partial charge in [-0.1, -0.05) is 20.8 Å². The standard InChI is InChI=1S/C13H25NO2/c1-4-14-9-13(8-12(15)16)6-10(2)5-11(3)7-13/h10-11,14H,4-9H2,1-3H3,(H,15,16)/t10-,11+,13?. The van der Waals surface area contributed by atoms with Crippen LogP contribution in [0, 0.1) is 17.3 Å². The molecule has 0 aromatic rings. The molecular weight excluding hydrogens is 202 g/mol. The SMILES string of the molecule is CCNCC1(CC(=O)O)C[C@H](C)C[C@H](C)C1. The molecule has 1 rings (SSSR count). The monoisotopic (exact) mass is 227 g/mol. The predicted octanol–water partition coefficient (Wildman–Crippen LogP) is 2.51. The van der Waals surface area contributed by atoms with Crippen LogP contribution in [0.25, 0.3) is 0 Å². The summed E-state index contributed by atoms with van der Waals surface area (Å²) in [4.78, 5) is 11.0. The summed E-state index contributed by atoms with van der Waals surface area (Å²) in [5.41, 5.74) is -0.0150. The first kappa shape index (κ1) is 13.5. The van der Waals surface area contributed by atoms with Crippen LogP contribution < -0.4 is 5.32 Å². The Morgan fingerprint density at radius 1 is 1.38 bits per heavy atom. The molecule has 94 valence electrons. The van der Waals surface area contributed by atoms with E-state index in [-0.39, 0.29) is 5.41 Å². The summed E-state index contributed by atoms with van der Waals surface area (Å²) in [7, 11) is 0. The lowest BCUT2D eigenvalue weighted by Crippen LogP contribution is -2.41. The van der Waals surface area contributed by atoms with E-state index in [1.807, 2.05) is 0 Å². The summed E-state index contributed by atoms with van der Waals surface area (Å²) < 4.78 is 0. The number of nitrogens with one attached hydrogen (secondary N) is 1. The smallest absolute Gasteiger partial charge is 0.303 e. The van der Waals surface area contributed by atoms with E-state index in [4.69, 9.17) is 5.11 Å². The molecule has 1 aliphatic carbocycles. The normalized spacial score (nSPS) is 34.9. The molecule has 1 saturated carbocycles. The third kappa shape index (κ3) is 3.78. The van der Waals surface area contributed by atoms with Crippen LogP contribution in [0.4, 0.5) is 0 Å². The van der Waals surface area contributed by atoms with Crippen molar-refractivity contribution >= 4 is 5.97 Å². The van der Waals surface area contributed by atoms with E-state index in [1.54, 1.807) is 0 Å². The van der Waals surface area contributed by atoms with Crippen LogP contribution in [0.1, 0.15) is 46.5 Å². The lowest BCUT2D eigenvalue weighted by molar-refractivity contribution is -0.140. The highest BCUT2D eigenvalue weighted by molar-refractivity contribution is 5.67. The number of aliphatic carboxylic acids is 1. The topological polar surface area (TPSA) is 49.3 Å². The second kappa shape index (κ2) is 5.67. The fraction of sp³-hybridized carbons (Fsp3) is 0.923.